The zero-order valence-electron chi connectivity index (χ0n) is 13.2. The summed E-state index contributed by atoms with van der Waals surface area (Å²) in [6.07, 6.45) is 5.84. The van der Waals surface area contributed by atoms with E-state index in [9.17, 15) is 5.11 Å². The van der Waals surface area contributed by atoms with Crippen LogP contribution in [0.2, 0.25) is 0 Å². The first-order chi connectivity index (χ1) is 11.7. The van der Waals surface area contributed by atoms with Crippen LogP contribution < -0.4 is 10.2 Å². The Balaban J connectivity index is 1.50. The molecule has 8 nitrogen and oxygen atoms in total. The minimum Gasteiger partial charge on any atom is -0.384 e. The lowest BCUT2D eigenvalue weighted by Crippen LogP contribution is -2.22. The summed E-state index contributed by atoms with van der Waals surface area (Å²) < 4.78 is 1.84. The summed E-state index contributed by atoms with van der Waals surface area (Å²) in [4.78, 5) is 6.91. The van der Waals surface area contributed by atoms with E-state index in [0.29, 0.717) is 5.82 Å². The van der Waals surface area contributed by atoms with E-state index >= 15 is 0 Å². The molecule has 0 spiro atoms. The highest BCUT2D eigenvalue weighted by Gasteiger charge is 2.43. The average molecular weight is 325 g/mol. The quantitative estimate of drug-likeness (QED) is 0.677. The summed E-state index contributed by atoms with van der Waals surface area (Å²) in [5.41, 5.74) is 0.932. The van der Waals surface area contributed by atoms with Gasteiger partial charge in [0.2, 0.25) is 5.95 Å². The molecule has 1 saturated carbocycles. The normalized spacial score (nSPS) is 19.1. The van der Waals surface area contributed by atoms with Crippen molar-refractivity contribution in [2.24, 2.45) is 0 Å². The number of rotatable bonds is 4. The van der Waals surface area contributed by atoms with Crippen molar-refractivity contribution in [3.05, 3.63) is 30.1 Å². The van der Waals surface area contributed by atoms with Gasteiger partial charge in [0.1, 0.15) is 11.1 Å². The van der Waals surface area contributed by atoms with Gasteiger partial charge in [-0.2, -0.15) is 10.1 Å². The molecule has 1 aliphatic heterocycles. The van der Waals surface area contributed by atoms with Crippen molar-refractivity contribution >= 4 is 23.1 Å². The molecule has 0 atom stereocenters. The van der Waals surface area contributed by atoms with Crippen LogP contribution in [0.3, 0.4) is 0 Å². The van der Waals surface area contributed by atoms with Crippen LogP contribution in [0.1, 0.15) is 31.4 Å². The van der Waals surface area contributed by atoms with Crippen LogP contribution in [0.4, 0.5) is 17.6 Å². The topological polar surface area (TPSA) is 94.4 Å². The summed E-state index contributed by atoms with van der Waals surface area (Å²) in [5, 5.41) is 25.2. The highest BCUT2D eigenvalue weighted by Crippen LogP contribution is 2.44. The van der Waals surface area contributed by atoms with Crippen molar-refractivity contribution in [2.45, 2.75) is 31.3 Å². The van der Waals surface area contributed by atoms with Crippen LogP contribution in [0.5, 0.6) is 0 Å². The third-order valence-corrected chi connectivity index (χ3v) is 4.82. The van der Waals surface area contributed by atoms with Gasteiger partial charge >= 0.3 is 0 Å². The van der Waals surface area contributed by atoms with Crippen LogP contribution >= 0.6 is 0 Å². The van der Waals surface area contributed by atoms with Gasteiger partial charge < -0.3 is 15.3 Å². The maximum absolute atomic E-state index is 10.2. The molecule has 4 heterocycles. The molecule has 2 aliphatic rings. The lowest BCUT2D eigenvalue weighted by molar-refractivity contribution is 0.146. The Morgan fingerprint density at radius 1 is 1.25 bits per heavy atom. The Kier molecular flexibility index (Phi) is 2.84. The second-order valence-electron chi connectivity index (χ2n) is 6.62. The molecule has 5 rings (SSSR count). The molecule has 0 aromatic carbocycles. The fourth-order valence-corrected chi connectivity index (χ4v) is 3.20. The molecule has 24 heavy (non-hydrogen) atoms. The molecule has 3 N–H and O–H groups in total. The monoisotopic (exact) mass is 325 g/mol. The number of aliphatic hydroxyl groups is 1. The molecule has 3 aromatic rings. The zero-order valence-corrected chi connectivity index (χ0v) is 13.2. The highest BCUT2D eigenvalue weighted by molar-refractivity contribution is 5.73. The lowest BCUT2D eigenvalue weighted by Gasteiger charge is -2.16. The van der Waals surface area contributed by atoms with Crippen molar-refractivity contribution in [2.75, 3.05) is 23.3 Å². The fourth-order valence-electron chi connectivity index (χ4n) is 3.20. The minimum absolute atomic E-state index is 0.652. The minimum atomic E-state index is -0.719. The van der Waals surface area contributed by atoms with Gasteiger partial charge in [0, 0.05) is 25.4 Å². The van der Waals surface area contributed by atoms with E-state index in [1.807, 2.05) is 28.9 Å². The molecule has 3 aromatic heterocycles. The molecule has 0 amide bonds. The van der Waals surface area contributed by atoms with Gasteiger partial charge in [-0.05, 0) is 37.8 Å². The summed E-state index contributed by atoms with van der Waals surface area (Å²) in [6, 6.07) is 5.77. The standard InChI is InChI=1S/C16H19N7O/c24-16(5-6-16)12-10-13(20-19-12)17-14-11-4-3-9-23(11)21-15(18-14)22-7-1-2-8-22/h3-4,9-10,24H,1-2,5-8H2,(H2,17,18,19,20,21). The number of hydrogen-bond donors (Lipinski definition) is 3. The summed E-state index contributed by atoms with van der Waals surface area (Å²) in [7, 11) is 0. The van der Waals surface area contributed by atoms with E-state index in [0.717, 1.165) is 48.9 Å². The third-order valence-electron chi connectivity index (χ3n) is 4.82. The Bertz CT molecular complexity index is 889. The van der Waals surface area contributed by atoms with Crippen molar-refractivity contribution in [3.8, 4) is 0 Å². The Morgan fingerprint density at radius 3 is 2.88 bits per heavy atom. The molecule has 0 unspecified atom stereocenters. The summed E-state index contributed by atoms with van der Waals surface area (Å²) >= 11 is 0. The Hall–Kier alpha value is -2.61. The van der Waals surface area contributed by atoms with Gasteiger partial charge in [0.25, 0.3) is 0 Å². The van der Waals surface area contributed by atoms with Crippen LogP contribution in [0.15, 0.2) is 24.4 Å². The van der Waals surface area contributed by atoms with Crippen molar-refractivity contribution < 1.29 is 5.11 Å². The van der Waals surface area contributed by atoms with Crippen LogP contribution in [-0.2, 0) is 5.60 Å². The van der Waals surface area contributed by atoms with Gasteiger partial charge in [-0.3, -0.25) is 5.10 Å². The maximum atomic E-state index is 10.2. The number of nitrogens with zero attached hydrogens (tertiary/aromatic N) is 5. The van der Waals surface area contributed by atoms with Crippen molar-refractivity contribution in [1.82, 2.24) is 24.8 Å². The first-order valence-electron chi connectivity index (χ1n) is 8.37. The number of hydrogen-bond acceptors (Lipinski definition) is 6. The first-order valence-corrected chi connectivity index (χ1v) is 8.37. The van der Waals surface area contributed by atoms with E-state index in [1.54, 1.807) is 0 Å². The first kappa shape index (κ1) is 13.8. The van der Waals surface area contributed by atoms with Crippen molar-refractivity contribution in [3.63, 3.8) is 0 Å². The van der Waals surface area contributed by atoms with Crippen LogP contribution in [0, 0.1) is 0 Å². The number of aromatic amines is 1. The molecule has 0 bridgehead atoms. The predicted octanol–water partition coefficient (Wildman–Crippen LogP) is 1.78. The number of nitrogens with one attached hydrogen (secondary N) is 2. The Morgan fingerprint density at radius 2 is 2.08 bits per heavy atom. The Labute approximate surface area is 138 Å². The maximum Gasteiger partial charge on any atom is 0.245 e. The van der Waals surface area contributed by atoms with Crippen molar-refractivity contribution in [1.29, 1.82) is 0 Å². The van der Waals surface area contributed by atoms with Gasteiger partial charge in [0.05, 0.1) is 5.69 Å². The summed E-state index contributed by atoms with van der Waals surface area (Å²) in [5.74, 6) is 2.10. The molecular formula is C16H19N7O. The van der Waals surface area contributed by atoms with Crippen LogP contribution in [0.25, 0.3) is 5.52 Å². The number of H-pyrrole nitrogens is 1. The SMILES string of the molecule is OC1(c2cc(Nc3nc(N4CCCC4)nn4cccc34)n[nH]2)CC1. The zero-order chi connectivity index (χ0) is 16.1. The van der Waals surface area contributed by atoms with Crippen LogP contribution in [-0.4, -0.2) is 43.0 Å². The smallest absolute Gasteiger partial charge is 0.245 e. The number of anilines is 3. The molecule has 1 aliphatic carbocycles. The largest absolute Gasteiger partial charge is 0.384 e. The van der Waals surface area contributed by atoms with Gasteiger partial charge in [-0.15, -0.1) is 5.10 Å². The summed E-state index contributed by atoms with van der Waals surface area (Å²) in [6.45, 7) is 1.98. The van der Waals surface area contributed by atoms with E-state index in [1.165, 1.54) is 12.8 Å². The van der Waals surface area contributed by atoms with E-state index in [4.69, 9.17) is 4.98 Å². The van der Waals surface area contributed by atoms with Gasteiger partial charge in [-0.1, -0.05) is 0 Å². The molecule has 1 saturated heterocycles. The second kappa shape index (κ2) is 4.94. The molecule has 8 heteroatoms. The second-order valence-corrected chi connectivity index (χ2v) is 6.62. The third kappa shape index (κ3) is 2.22. The van der Waals surface area contributed by atoms with Gasteiger partial charge in [0.15, 0.2) is 11.6 Å². The predicted molar refractivity (Wildman–Crippen MR) is 89.4 cm³/mol. The number of aromatic nitrogens is 5. The molecule has 0 radical (unpaired) electrons. The number of fused-ring (bicyclic) bond motifs is 1. The molecule has 2 fully saturated rings. The van der Waals surface area contributed by atoms with Gasteiger partial charge in [-0.25, -0.2) is 4.52 Å². The fraction of sp³-hybridized carbons (Fsp3) is 0.438. The van der Waals surface area contributed by atoms with E-state index < -0.39 is 5.60 Å². The highest BCUT2D eigenvalue weighted by atomic mass is 16.3. The molecule has 124 valence electrons. The molecular weight excluding hydrogens is 306 g/mol. The average Bonchev–Trinajstić information content (AvgIpc) is 3.08. The lowest BCUT2D eigenvalue weighted by atomic mass is 10.2. The van der Waals surface area contributed by atoms with E-state index in [-0.39, 0.29) is 0 Å². The van der Waals surface area contributed by atoms with E-state index in [2.05, 4.69) is 25.5 Å².